The fourth-order valence-corrected chi connectivity index (χ4v) is 2.85. The Bertz CT molecular complexity index is 1050. The van der Waals surface area contributed by atoms with Gasteiger partial charge < -0.3 is 5.32 Å². The second-order valence-corrected chi connectivity index (χ2v) is 6.14. The quantitative estimate of drug-likeness (QED) is 0.535. The first-order valence-electron chi connectivity index (χ1n) is 7.28. The molecule has 0 saturated carbocycles. The molecule has 0 radical (unpaired) electrons. The van der Waals surface area contributed by atoms with E-state index in [1.165, 1.54) is 34.9 Å². The number of non-ortho nitro benzene ring substituents is 1. The van der Waals surface area contributed by atoms with Crippen LogP contribution in [0.4, 0.5) is 11.4 Å². The van der Waals surface area contributed by atoms with Gasteiger partial charge in [0, 0.05) is 28.1 Å². The standard InChI is InChI=1S/C17H12BrN3O4/c18-13-3-1-2-4-14(13)19-16(22)10-20-15-7-6-12(21(24)25)9-11(15)5-8-17(20)23/h1-9H,10H2,(H,19,22). The number of rotatable bonds is 4. The van der Waals surface area contributed by atoms with Crippen molar-refractivity contribution in [2.24, 2.45) is 0 Å². The Morgan fingerprint density at radius 3 is 2.64 bits per heavy atom. The Morgan fingerprint density at radius 2 is 1.92 bits per heavy atom. The molecule has 0 aliphatic carbocycles. The van der Waals surface area contributed by atoms with Crippen molar-refractivity contribution in [1.29, 1.82) is 0 Å². The Labute approximate surface area is 150 Å². The second kappa shape index (κ2) is 6.86. The first kappa shape index (κ1) is 16.8. The summed E-state index contributed by atoms with van der Waals surface area (Å²) in [4.78, 5) is 34.8. The lowest BCUT2D eigenvalue weighted by Crippen LogP contribution is -2.27. The van der Waals surface area contributed by atoms with Crippen LogP contribution in [0.25, 0.3) is 10.9 Å². The van der Waals surface area contributed by atoms with Gasteiger partial charge in [0.25, 0.3) is 11.2 Å². The van der Waals surface area contributed by atoms with Crippen molar-refractivity contribution in [2.45, 2.75) is 6.54 Å². The third-order valence-electron chi connectivity index (χ3n) is 3.63. The smallest absolute Gasteiger partial charge is 0.270 e. The predicted molar refractivity (Wildman–Crippen MR) is 97.6 cm³/mol. The molecule has 25 heavy (non-hydrogen) atoms. The fraction of sp³-hybridized carbons (Fsp3) is 0.0588. The number of amides is 1. The van der Waals surface area contributed by atoms with Crippen LogP contribution in [0.2, 0.25) is 0 Å². The van der Waals surface area contributed by atoms with Gasteiger partial charge in [-0.25, -0.2) is 0 Å². The van der Waals surface area contributed by atoms with Gasteiger partial charge in [-0.05, 0) is 40.2 Å². The molecule has 126 valence electrons. The van der Waals surface area contributed by atoms with E-state index in [9.17, 15) is 19.7 Å². The lowest BCUT2D eigenvalue weighted by molar-refractivity contribution is -0.384. The number of halogens is 1. The van der Waals surface area contributed by atoms with Crippen molar-refractivity contribution in [3.8, 4) is 0 Å². The lowest BCUT2D eigenvalue weighted by Gasteiger charge is -2.11. The molecule has 0 aliphatic heterocycles. The first-order chi connectivity index (χ1) is 12.0. The van der Waals surface area contributed by atoms with Gasteiger partial charge in [0.2, 0.25) is 5.91 Å². The summed E-state index contributed by atoms with van der Waals surface area (Å²) in [6.45, 7) is -0.199. The van der Waals surface area contributed by atoms with Gasteiger partial charge in [0.1, 0.15) is 6.54 Å². The van der Waals surface area contributed by atoms with Crippen molar-refractivity contribution < 1.29 is 9.72 Å². The zero-order chi connectivity index (χ0) is 18.0. The number of nitro benzene ring substituents is 1. The van der Waals surface area contributed by atoms with Crippen LogP contribution < -0.4 is 10.9 Å². The van der Waals surface area contributed by atoms with Crippen molar-refractivity contribution in [3.05, 3.63) is 79.5 Å². The maximum atomic E-state index is 12.3. The summed E-state index contributed by atoms with van der Waals surface area (Å²) in [6.07, 6.45) is 0. The fourth-order valence-electron chi connectivity index (χ4n) is 2.46. The minimum atomic E-state index is -0.505. The zero-order valence-corrected chi connectivity index (χ0v) is 14.4. The minimum Gasteiger partial charge on any atom is -0.324 e. The highest BCUT2D eigenvalue weighted by molar-refractivity contribution is 9.10. The van der Waals surface area contributed by atoms with Crippen LogP contribution in [0.15, 0.2) is 63.9 Å². The molecule has 2 aromatic carbocycles. The van der Waals surface area contributed by atoms with E-state index in [0.29, 0.717) is 16.6 Å². The molecule has 0 aliphatic rings. The number of hydrogen-bond donors (Lipinski definition) is 1. The maximum absolute atomic E-state index is 12.3. The van der Waals surface area contributed by atoms with Gasteiger partial charge in [-0.1, -0.05) is 12.1 Å². The minimum absolute atomic E-state index is 0.0737. The molecule has 1 N–H and O–H groups in total. The largest absolute Gasteiger partial charge is 0.324 e. The number of carbonyl (C=O) groups excluding carboxylic acids is 1. The molecule has 0 spiro atoms. The number of fused-ring (bicyclic) bond motifs is 1. The summed E-state index contributed by atoms with van der Waals surface area (Å²) >= 11 is 3.34. The van der Waals surface area contributed by atoms with E-state index in [1.807, 2.05) is 6.07 Å². The number of para-hydroxylation sites is 1. The predicted octanol–water partition coefficient (Wildman–Crippen LogP) is 3.31. The molecule has 7 nitrogen and oxygen atoms in total. The molecule has 0 saturated heterocycles. The Kier molecular flexibility index (Phi) is 4.62. The maximum Gasteiger partial charge on any atom is 0.270 e. The van der Waals surface area contributed by atoms with Crippen molar-refractivity contribution in [2.75, 3.05) is 5.32 Å². The number of anilines is 1. The molecule has 3 aromatic rings. The topological polar surface area (TPSA) is 94.2 Å². The van der Waals surface area contributed by atoms with E-state index in [1.54, 1.807) is 18.2 Å². The van der Waals surface area contributed by atoms with E-state index in [2.05, 4.69) is 21.2 Å². The van der Waals surface area contributed by atoms with Gasteiger partial charge >= 0.3 is 0 Å². The number of carbonyl (C=O) groups is 1. The molecule has 0 atom stereocenters. The monoisotopic (exact) mass is 401 g/mol. The molecule has 0 bridgehead atoms. The third-order valence-corrected chi connectivity index (χ3v) is 4.33. The summed E-state index contributed by atoms with van der Waals surface area (Å²) in [7, 11) is 0. The van der Waals surface area contributed by atoms with Crippen LogP contribution in [0.5, 0.6) is 0 Å². The number of benzene rings is 2. The molecular weight excluding hydrogens is 390 g/mol. The third kappa shape index (κ3) is 3.58. The van der Waals surface area contributed by atoms with Crippen molar-refractivity contribution >= 4 is 44.1 Å². The molecular formula is C17H12BrN3O4. The van der Waals surface area contributed by atoms with Gasteiger partial charge in [-0.15, -0.1) is 0 Å². The van der Waals surface area contributed by atoms with Gasteiger partial charge in [-0.3, -0.25) is 24.3 Å². The highest BCUT2D eigenvalue weighted by Crippen LogP contribution is 2.22. The van der Waals surface area contributed by atoms with Crippen molar-refractivity contribution in [3.63, 3.8) is 0 Å². The Morgan fingerprint density at radius 1 is 1.16 bits per heavy atom. The van der Waals surface area contributed by atoms with E-state index < -0.39 is 4.92 Å². The van der Waals surface area contributed by atoms with Crippen LogP contribution >= 0.6 is 15.9 Å². The summed E-state index contributed by atoms with van der Waals surface area (Å²) in [5.74, 6) is -0.375. The normalized spacial score (nSPS) is 10.6. The molecule has 0 fully saturated rings. The highest BCUT2D eigenvalue weighted by atomic mass is 79.9. The van der Waals surface area contributed by atoms with Gasteiger partial charge in [-0.2, -0.15) is 0 Å². The lowest BCUT2D eigenvalue weighted by atomic mass is 10.2. The zero-order valence-electron chi connectivity index (χ0n) is 12.8. The summed E-state index contributed by atoms with van der Waals surface area (Å²) in [5, 5.41) is 14.1. The summed E-state index contributed by atoms with van der Waals surface area (Å²) in [5.41, 5.74) is 0.621. The molecule has 1 amide bonds. The molecule has 8 heteroatoms. The van der Waals surface area contributed by atoms with E-state index >= 15 is 0 Å². The highest BCUT2D eigenvalue weighted by Gasteiger charge is 2.12. The molecule has 1 aromatic heterocycles. The van der Waals surface area contributed by atoms with E-state index in [4.69, 9.17) is 0 Å². The van der Waals surface area contributed by atoms with Crippen molar-refractivity contribution in [1.82, 2.24) is 4.57 Å². The summed E-state index contributed by atoms with van der Waals surface area (Å²) in [6, 6.07) is 14.1. The van der Waals surface area contributed by atoms with Crippen LogP contribution in [0.1, 0.15) is 0 Å². The average Bonchev–Trinajstić information content (AvgIpc) is 2.59. The van der Waals surface area contributed by atoms with E-state index in [-0.39, 0.29) is 23.7 Å². The number of nitrogens with zero attached hydrogens (tertiary/aromatic N) is 2. The van der Waals surface area contributed by atoms with Crippen LogP contribution in [-0.4, -0.2) is 15.4 Å². The molecule has 0 unspecified atom stereocenters. The average molecular weight is 402 g/mol. The second-order valence-electron chi connectivity index (χ2n) is 5.29. The van der Waals surface area contributed by atoms with Gasteiger partial charge in [0.15, 0.2) is 0 Å². The number of nitro groups is 1. The molecule has 3 rings (SSSR count). The van der Waals surface area contributed by atoms with Gasteiger partial charge in [0.05, 0.1) is 16.1 Å². The number of aromatic nitrogens is 1. The first-order valence-corrected chi connectivity index (χ1v) is 8.07. The summed E-state index contributed by atoms with van der Waals surface area (Å²) < 4.78 is 2.01. The molecule has 1 heterocycles. The number of hydrogen-bond acceptors (Lipinski definition) is 4. The van der Waals surface area contributed by atoms with Crippen LogP contribution in [0.3, 0.4) is 0 Å². The SMILES string of the molecule is O=C(Cn1c(=O)ccc2cc([N+](=O)[O-])ccc21)Nc1ccccc1Br. The van der Waals surface area contributed by atoms with Crippen LogP contribution in [-0.2, 0) is 11.3 Å². The Balaban J connectivity index is 1.94. The van der Waals surface area contributed by atoms with Crippen LogP contribution in [0, 0.1) is 10.1 Å². The number of pyridine rings is 1. The Hall–Kier alpha value is -3.00. The van der Waals surface area contributed by atoms with E-state index in [0.717, 1.165) is 4.47 Å². The number of nitrogens with one attached hydrogen (secondary N) is 1.